The molecule has 7 heteroatoms. The summed E-state index contributed by atoms with van der Waals surface area (Å²) < 4.78 is 17.2. The number of H-pyrrole nitrogens is 1. The van der Waals surface area contributed by atoms with Crippen molar-refractivity contribution in [3.8, 4) is 34.7 Å². The lowest BCUT2D eigenvalue weighted by Crippen LogP contribution is -2.21. The Hall–Kier alpha value is -4.70. The molecule has 0 saturated carbocycles. The highest BCUT2D eigenvalue weighted by Gasteiger charge is 2.35. The molecule has 0 spiro atoms. The van der Waals surface area contributed by atoms with Gasteiger partial charge >= 0.3 is 0 Å². The zero-order chi connectivity index (χ0) is 24.2. The Morgan fingerprint density at radius 1 is 0.971 bits per heavy atom. The molecule has 4 aromatic rings. The van der Waals surface area contributed by atoms with Gasteiger partial charge in [-0.25, -0.2) is 0 Å². The Balaban J connectivity index is 1.47. The molecule has 35 heavy (non-hydrogen) atoms. The highest BCUT2D eigenvalue weighted by molar-refractivity contribution is 5.71. The van der Waals surface area contributed by atoms with Crippen molar-refractivity contribution in [1.82, 2.24) is 10.2 Å². The second-order valence-electron chi connectivity index (χ2n) is 8.04. The number of nitrogens with zero attached hydrogens (tertiary/aromatic N) is 2. The van der Waals surface area contributed by atoms with Crippen molar-refractivity contribution in [3.05, 3.63) is 107 Å². The first-order valence-corrected chi connectivity index (χ1v) is 11.3. The van der Waals surface area contributed by atoms with Gasteiger partial charge in [-0.3, -0.25) is 5.10 Å². The minimum Gasteiger partial charge on any atom is -0.494 e. The predicted molar refractivity (Wildman–Crippen MR) is 132 cm³/mol. The van der Waals surface area contributed by atoms with Crippen LogP contribution in [-0.2, 0) is 6.61 Å². The maximum Gasteiger partial charge on any atom is 0.244 e. The summed E-state index contributed by atoms with van der Waals surface area (Å²) in [5.74, 6) is 1.51. The number of nitrogens with two attached hydrogens (primary N) is 1. The van der Waals surface area contributed by atoms with E-state index in [2.05, 4.69) is 16.3 Å². The summed E-state index contributed by atoms with van der Waals surface area (Å²) in [5.41, 5.74) is 10.8. The first-order chi connectivity index (χ1) is 17.2. The van der Waals surface area contributed by atoms with Gasteiger partial charge in [0, 0.05) is 5.56 Å². The Bertz CT molecular complexity index is 1390. The van der Waals surface area contributed by atoms with Crippen LogP contribution in [0, 0.1) is 11.3 Å². The topological polar surface area (TPSA) is 106 Å². The molecule has 5 rings (SSSR count). The average Bonchev–Trinajstić information content (AvgIpc) is 3.31. The standard InChI is InChI=1S/C28H24N4O3/c1-2-33-21-12-8-19(9-13-21)24-23(16-29)27(30)35-28-25(24)26(31-32-28)20-10-14-22(15-11-20)34-17-18-6-4-3-5-7-18/h3-15,24H,2,17,30H2,1H3,(H,31,32). The Morgan fingerprint density at radius 2 is 1.66 bits per heavy atom. The van der Waals surface area contributed by atoms with E-state index in [0.29, 0.717) is 24.7 Å². The highest BCUT2D eigenvalue weighted by Crippen LogP contribution is 2.45. The molecule has 1 aliphatic heterocycles. The van der Waals surface area contributed by atoms with Gasteiger partial charge < -0.3 is 19.9 Å². The number of benzene rings is 3. The summed E-state index contributed by atoms with van der Waals surface area (Å²) in [4.78, 5) is 0. The molecule has 0 radical (unpaired) electrons. The number of allylic oxidation sites excluding steroid dienone is 1. The van der Waals surface area contributed by atoms with Crippen molar-refractivity contribution in [2.75, 3.05) is 6.61 Å². The van der Waals surface area contributed by atoms with Gasteiger partial charge in [0.1, 0.15) is 29.7 Å². The number of aromatic nitrogens is 2. The first kappa shape index (κ1) is 22.1. The van der Waals surface area contributed by atoms with Gasteiger partial charge in [-0.05, 0) is 54.4 Å². The smallest absolute Gasteiger partial charge is 0.244 e. The third-order valence-electron chi connectivity index (χ3n) is 5.85. The molecule has 1 aliphatic rings. The van der Waals surface area contributed by atoms with Crippen LogP contribution in [0.5, 0.6) is 17.4 Å². The molecule has 1 unspecified atom stereocenters. The average molecular weight is 465 g/mol. The number of hydrogen-bond donors (Lipinski definition) is 2. The number of nitriles is 1. The number of fused-ring (bicyclic) bond motifs is 1. The molecular weight excluding hydrogens is 440 g/mol. The van der Waals surface area contributed by atoms with Crippen molar-refractivity contribution in [2.24, 2.45) is 5.73 Å². The van der Waals surface area contributed by atoms with Crippen molar-refractivity contribution >= 4 is 0 Å². The number of hydrogen-bond acceptors (Lipinski definition) is 6. The number of aromatic amines is 1. The lowest BCUT2D eigenvalue weighted by Gasteiger charge is -2.24. The van der Waals surface area contributed by atoms with Crippen LogP contribution in [0.4, 0.5) is 0 Å². The van der Waals surface area contributed by atoms with Crippen molar-refractivity contribution in [3.63, 3.8) is 0 Å². The molecule has 2 heterocycles. The van der Waals surface area contributed by atoms with Gasteiger partial charge in [0.2, 0.25) is 11.8 Å². The van der Waals surface area contributed by atoms with Crippen LogP contribution in [0.3, 0.4) is 0 Å². The van der Waals surface area contributed by atoms with E-state index in [-0.39, 0.29) is 5.88 Å². The predicted octanol–water partition coefficient (Wildman–Crippen LogP) is 5.27. The van der Waals surface area contributed by atoms with E-state index >= 15 is 0 Å². The van der Waals surface area contributed by atoms with Crippen LogP contribution >= 0.6 is 0 Å². The second kappa shape index (κ2) is 9.65. The van der Waals surface area contributed by atoms with E-state index in [1.165, 1.54) is 0 Å². The van der Waals surface area contributed by atoms with Gasteiger partial charge in [0.15, 0.2) is 0 Å². The van der Waals surface area contributed by atoms with Gasteiger partial charge in [-0.2, -0.15) is 5.26 Å². The summed E-state index contributed by atoms with van der Waals surface area (Å²) >= 11 is 0. The molecule has 3 aromatic carbocycles. The maximum absolute atomic E-state index is 9.91. The molecule has 0 aliphatic carbocycles. The van der Waals surface area contributed by atoms with E-state index in [4.69, 9.17) is 19.9 Å². The summed E-state index contributed by atoms with van der Waals surface area (Å²) in [6, 6.07) is 27.6. The van der Waals surface area contributed by atoms with Gasteiger partial charge in [-0.1, -0.05) is 42.5 Å². The normalized spacial score (nSPS) is 14.6. The molecule has 7 nitrogen and oxygen atoms in total. The van der Waals surface area contributed by atoms with Crippen molar-refractivity contribution in [2.45, 2.75) is 19.4 Å². The number of ether oxygens (including phenoxy) is 3. The summed E-state index contributed by atoms with van der Waals surface area (Å²) in [5, 5.41) is 17.3. The number of nitrogens with one attached hydrogen (secondary N) is 1. The fraction of sp³-hybridized carbons (Fsp3) is 0.143. The Morgan fingerprint density at radius 3 is 2.34 bits per heavy atom. The highest BCUT2D eigenvalue weighted by atomic mass is 16.5. The molecule has 0 saturated heterocycles. The van der Waals surface area contributed by atoms with E-state index in [0.717, 1.165) is 39.4 Å². The number of rotatable bonds is 7. The molecule has 0 bridgehead atoms. The lowest BCUT2D eigenvalue weighted by atomic mass is 9.83. The first-order valence-electron chi connectivity index (χ1n) is 11.3. The van der Waals surface area contributed by atoms with Crippen LogP contribution in [-0.4, -0.2) is 16.8 Å². The Kier molecular flexibility index (Phi) is 6.10. The van der Waals surface area contributed by atoms with E-state index < -0.39 is 5.92 Å². The quantitative estimate of drug-likeness (QED) is 0.386. The van der Waals surface area contributed by atoms with Crippen LogP contribution < -0.4 is 19.9 Å². The van der Waals surface area contributed by atoms with Gasteiger partial charge in [0.05, 0.1) is 23.8 Å². The molecule has 1 atom stereocenters. The molecule has 174 valence electrons. The SMILES string of the molecule is CCOc1ccc(C2C(C#N)=C(N)Oc3n[nH]c(-c4ccc(OCc5ccccc5)cc4)c32)cc1. The van der Waals surface area contributed by atoms with Gasteiger partial charge in [0.25, 0.3) is 0 Å². The van der Waals surface area contributed by atoms with E-state index in [1.54, 1.807) is 0 Å². The minimum absolute atomic E-state index is 0.0570. The van der Waals surface area contributed by atoms with Crippen molar-refractivity contribution in [1.29, 1.82) is 5.26 Å². The zero-order valence-electron chi connectivity index (χ0n) is 19.2. The fourth-order valence-corrected chi connectivity index (χ4v) is 4.18. The molecule has 1 aromatic heterocycles. The third-order valence-corrected chi connectivity index (χ3v) is 5.85. The molecule has 0 fully saturated rings. The van der Waals surface area contributed by atoms with Crippen LogP contribution in [0.15, 0.2) is 90.3 Å². The third kappa shape index (κ3) is 4.42. The van der Waals surface area contributed by atoms with Crippen LogP contribution in [0.1, 0.15) is 29.5 Å². The largest absolute Gasteiger partial charge is 0.494 e. The van der Waals surface area contributed by atoms with Crippen LogP contribution in [0.2, 0.25) is 0 Å². The molecule has 3 N–H and O–H groups in total. The minimum atomic E-state index is -0.429. The summed E-state index contributed by atoms with van der Waals surface area (Å²) in [6.45, 7) is 3.00. The molecule has 0 amide bonds. The monoisotopic (exact) mass is 464 g/mol. The zero-order valence-corrected chi connectivity index (χ0v) is 19.2. The fourth-order valence-electron chi connectivity index (χ4n) is 4.18. The van der Waals surface area contributed by atoms with Crippen molar-refractivity contribution < 1.29 is 14.2 Å². The molecular formula is C28H24N4O3. The lowest BCUT2D eigenvalue weighted by molar-refractivity contribution is 0.306. The summed E-state index contributed by atoms with van der Waals surface area (Å²) in [6.07, 6.45) is 0. The maximum atomic E-state index is 9.91. The van der Waals surface area contributed by atoms with Crippen LogP contribution in [0.25, 0.3) is 11.3 Å². The second-order valence-corrected chi connectivity index (χ2v) is 8.04. The van der Waals surface area contributed by atoms with E-state index in [9.17, 15) is 5.26 Å². The summed E-state index contributed by atoms with van der Waals surface area (Å²) in [7, 11) is 0. The van der Waals surface area contributed by atoms with Gasteiger partial charge in [-0.15, -0.1) is 5.10 Å². The Labute approximate surface area is 203 Å². The van der Waals surface area contributed by atoms with E-state index in [1.807, 2.05) is 85.8 Å².